The van der Waals surface area contributed by atoms with Gasteiger partial charge in [0.2, 0.25) is 0 Å². The Morgan fingerprint density at radius 3 is 2.64 bits per heavy atom. The molecule has 0 amide bonds. The van der Waals surface area contributed by atoms with E-state index in [1.54, 1.807) is 0 Å². The number of benzene rings is 1. The van der Waals surface area contributed by atoms with E-state index in [-0.39, 0.29) is 5.41 Å². The van der Waals surface area contributed by atoms with Gasteiger partial charge in [-0.15, -0.1) is 0 Å². The lowest BCUT2D eigenvalue weighted by Gasteiger charge is -2.09. The van der Waals surface area contributed by atoms with Gasteiger partial charge < -0.3 is 0 Å². The third kappa shape index (κ3) is 1.65. The molecule has 0 bridgehead atoms. The van der Waals surface area contributed by atoms with E-state index in [0.29, 0.717) is 0 Å². The molecular formula is C13H15N. The van der Waals surface area contributed by atoms with Crippen LogP contribution in [0.15, 0.2) is 18.2 Å². The SMILES string of the molecule is Cc1ccc(C)c(CC2(C#N)CC2)c1. The highest BCUT2D eigenvalue weighted by Gasteiger charge is 2.43. The van der Waals surface area contributed by atoms with Gasteiger partial charge in [-0.2, -0.15) is 5.26 Å². The van der Waals surface area contributed by atoms with Gasteiger partial charge in [0.25, 0.3) is 0 Å². The highest BCUT2D eigenvalue weighted by Crippen LogP contribution is 2.48. The standard InChI is InChI=1S/C13H15N/c1-10-3-4-11(2)12(7-10)8-13(9-14)5-6-13/h3-4,7H,5-6,8H2,1-2H3. The molecule has 0 heterocycles. The van der Waals surface area contributed by atoms with Crippen molar-refractivity contribution in [2.75, 3.05) is 0 Å². The Balaban J connectivity index is 2.25. The van der Waals surface area contributed by atoms with Crippen molar-refractivity contribution in [2.45, 2.75) is 33.1 Å². The molecule has 0 saturated heterocycles. The van der Waals surface area contributed by atoms with Crippen molar-refractivity contribution in [3.8, 4) is 6.07 Å². The van der Waals surface area contributed by atoms with Gasteiger partial charge in [-0.1, -0.05) is 23.8 Å². The van der Waals surface area contributed by atoms with Gasteiger partial charge in [0, 0.05) is 0 Å². The first-order chi connectivity index (χ1) is 6.65. The van der Waals surface area contributed by atoms with Crippen LogP contribution in [0.5, 0.6) is 0 Å². The minimum absolute atomic E-state index is 0.0153. The molecule has 72 valence electrons. The van der Waals surface area contributed by atoms with Crippen molar-refractivity contribution in [3.05, 3.63) is 34.9 Å². The number of aryl methyl sites for hydroxylation is 2. The Labute approximate surface area is 85.4 Å². The van der Waals surface area contributed by atoms with Gasteiger partial charge in [0.1, 0.15) is 0 Å². The first-order valence-corrected chi connectivity index (χ1v) is 5.13. The van der Waals surface area contributed by atoms with E-state index in [1.165, 1.54) is 16.7 Å². The van der Waals surface area contributed by atoms with Crippen molar-refractivity contribution in [1.29, 1.82) is 5.26 Å². The summed E-state index contributed by atoms with van der Waals surface area (Å²) in [5.41, 5.74) is 3.94. The van der Waals surface area contributed by atoms with Crippen LogP contribution in [0.2, 0.25) is 0 Å². The predicted octanol–water partition coefficient (Wildman–Crippen LogP) is 3.15. The van der Waals surface area contributed by atoms with Gasteiger partial charge >= 0.3 is 0 Å². The highest BCUT2D eigenvalue weighted by atomic mass is 14.5. The molecule has 0 spiro atoms. The van der Waals surface area contributed by atoms with Crippen molar-refractivity contribution >= 4 is 0 Å². The Morgan fingerprint density at radius 2 is 2.07 bits per heavy atom. The molecule has 0 aliphatic heterocycles. The smallest absolute Gasteiger partial charge is 0.0693 e. The summed E-state index contributed by atoms with van der Waals surface area (Å²) in [5.74, 6) is 0. The van der Waals surface area contributed by atoms with Crippen LogP contribution in [-0.2, 0) is 6.42 Å². The van der Waals surface area contributed by atoms with Gasteiger partial charge in [-0.25, -0.2) is 0 Å². The zero-order valence-corrected chi connectivity index (χ0v) is 8.80. The van der Waals surface area contributed by atoms with E-state index < -0.39 is 0 Å². The Morgan fingerprint density at radius 1 is 1.36 bits per heavy atom. The average molecular weight is 185 g/mol. The molecule has 2 rings (SSSR count). The summed E-state index contributed by atoms with van der Waals surface area (Å²) in [7, 11) is 0. The molecule has 0 atom stereocenters. The van der Waals surface area contributed by atoms with Gasteiger partial charge in [0.05, 0.1) is 11.5 Å². The molecule has 1 saturated carbocycles. The number of rotatable bonds is 2. The maximum absolute atomic E-state index is 9.03. The van der Waals surface area contributed by atoms with Gasteiger partial charge in [-0.05, 0) is 44.2 Å². The number of nitriles is 1. The Hall–Kier alpha value is -1.29. The van der Waals surface area contributed by atoms with Gasteiger partial charge in [0.15, 0.2) is 0 Å². The molecule has 1 aromatic rings. The molecule has 0 N–H and O–H groups in total. The predicted molar refractivity (Wildman–Crippen MR) is 56.9 cm³/mol. The van der Waals surface area contributed by atoms with Crippen molar-refractivity contribution in [1.82, 2.24) is 0 Å². The largest absolute Gasteiger partial charge is 0.198 e. The maximum Gasteiger partial charge on any atom is 0.0693 e. The summed E-state index contributed by atoms with van der Waals surface area (Å²) in [6, 6.07) is 8.94. The Kier molecular flexibility index (Phi) is 2.07. The quantitative estimate of drug-likeness (QED) is 0.694. The minimum atomic E-state index is -0.0153. The van der Waals surface area contributed by atoms with E-state index in [1.807, 2.05) is 0 Å². The van der Waals surface area contributed by atoms with E-state index in [4.69, 9.17) is 5.26 Å². The van der Waals surface area contributed by atoms with Crippen molar-refractivity contribution in [3.63, 3.8) is 0 Å². The molecule has 0 aromatic heterocycles. The fourth-order valence-electron chi connectivity index (χ4n) is 1.83. The van der Waals surface area contributed by atoms with Crippen LogP contribution in [0.25, 0.3) is 0 Å². The van der Waals surface area contributed by atoms with Crippen LogP contribution in [-0.4, -0.2) is 0 Å². The highest BCUT2D eigenvalue weighted by molar-refractivity contribution is 5.33. The summed E-state index contributed by atoms with van der Waals surface area (Å²) in [6.45, 7) is 4.23. The molecule has 0 radical (unpaired) electrons. The Bertz CT molecular complexity index is 394. The molecule has 1 heteroatoms. The third-order valence-corrected chi connectivity index (χ3v) is 3.12. The van der Waals surface area contributed by atoms with Crippen LogP contribution in [0, 0.1) is 30.6 Å². The van der Waals surface area contributed by atoms with Crippen LogP contribution in [0.4, 0.5) is 0 Å². The molecule has 14 heavy (non-hydrogen) atoms. The van der Waals surface area contributed by atoms with E-state index in [0.717, 1.165) is 19.3 Å². The summed E-state index contributed by atoms with van der Waals surface area (Å²) >= 11 is 0. The zero-order chi connectivity index (χ0) is 10.2. The molecular weight excluding hydrogens is 170 g/mol. The van der Waals surface area contributed by atoms with Crippen molar-refractivity contribution < 1.29 is 0 Å². The summed E-state index contributed by atoms with van der Waals surface area (Å²) < 4.78 is 0. The molecule has 1 fully saturated rings. The second-order valence-electron chi connectivity index (χ2n) is 4.50. The lowest BCUT2D eigenvalue weighted by molar-refractivity contribution is 0.662. The molecule has 1 nitrogen and oxygen atoms in total. The average Bonchev–Trinajstić information content (AvgIpc) is 2.92. The fourth-order valence-corrected chi connectivity index (χ4v) is 1.83. The van der Waals surface area contributed by atoms with Crippen LogP contribution < -0.4 is 0 Å². The first-order valence-electron chi connectivity index (χ1n) is 5.13. The van der Waals surface area contributed by atoms with Gasteiger partial charge in [-0.3, -0.25) is 0 Å². The van der Waals surface area contributed by atoms with E-state index in [9.17, 15) is 0 Å². The normalized spacial score (nSPS) is 17.5. The second-order valence-corrected chi connectivity index (χ2v) is 4.50. The maximum atomic E-state index is 9.03. The molecule has 0 unspecified atom stereocenters. The lowest BCUT2D eigenvalue weighted by Crippen LogP contribution is -2.03. The summed E-state index contributed by atoms with van der Waals surface area (Å²) in [5, 5.41) is 9.03. The van der Waals surface area contributed by atoms with Crippen LogP contribution in [0.1, 0.15) is 29.5 Å². The van der Waals surface area contributed by atoms with E-state index >= 15 is 0 Å². The third-order valence-electron chi connectivity index (χ3n) is 3.12. The molecule has 1 aliphatic rings. The summed E-state index contributed by atoms with van der Waals surface area (Å²) in [4.78, 5) is 0. The van der Waals surface area contributed by atoms with Crippen LogP contribution >= 0.6 is 0 Å². The number of nitrogens with zero attached hydrogens (tertiary/aromatic N) is 1. The number of hydrogen-bond acceptors (Lipinski definition) is 1. The molecule has 1 aromatic carbocycles. The molecule has 1 aliphatic carbocycles. The fraction of sp³-hybridized carbons (Fsp3) is 0.462. The minimum Gasteiger partial charge on any atom is -0.198 e. The lowest BCUT2D eigenvalue weighted by atomic mass is 9.94. The first kappa shape index (κ1) is 9.27. The second kappa shape index (κ2) is 3.13. The topological polar surface area (TPSA) is 23.8 Å². The van der Waals surface area contributed by atoms with Crippen molar-refractivity contribution in [2.24, 2.45) is 5.41 Å². The summed E-state index contributed by atoms with van der Waals surface area (Å²) in [6.07, 6.45) is 3.10. The van der Waals surface area contributed by atoms with Crippen LogP contribution in [0.3, 0.4) is 0 Å². The zero-order valence-electron chi connectivity index (χ0n) is 8.80. The monoisotopic (exact) mass is 185 g/mol. The number of hydrogen-bond donors (Lipinski definition) is 0. The van der Waals surface area contributed by atoms with E-state index in [2.05, 4.69) is 38.1 Å².